The highest BCUT2D eigenvalue weighted by Crippen LogP contribution is 2.42. The van der Waals surface area contributed by atoms with Gasteiger partial charge in [0.25, 0.3) is 0 Å². The first kappa shape index (κ1) is 16.9. The Morgan fingerprint density at radius 1 is 0.654 bits per heavy atom. The van der Waals surface area contributed by atoms with Crippen LogP contribution in [-0.2, 0) is 12.8 Å². The van der Waals surface area contributed by atoms with E-state index in [9.17, 15) is 0 Å². The van der Waals surface area contributed by atoms with Gasteiger partial charge in [0.2, 0.25) is 0 Å². The van der Waals surface area contributed by atoms with Gasteiger partial charge >= 0.3 is 0 Å². The van der Waals surface area contributed by atoms with Crippen LogP contribution in [0.25, 0.3) is 32.3 Å². The van der Waals surface area contributed by atoms with E-state index < -0.39 is 0 Å². The van der Waals surface area contributed by atoms with Crippen molar-refractivity contribution in [3.05, 3.63) is 65.7 Å². The molecule has 132 valence electrons. The van der Waals surface area contributed by atoms with E-state index >= 15 is 0 Å². The molecule has 0 atom stereocenters. The summed E-state index contributed by atoms with van der Waals surface area (Å²) in [4.78, 5) is 0. The zero-order valence-electron chi connectivity index (χ0n) is 15.9. The largest absolute Gasteiger partial charge is 0.496 e. The number of fused-ring (bicyclic) bond motifs is 5. The average molecular weight is 342 g/mol. The summed E-state index contributed by atoms with van der Waals surface area (Å²) >= 11 is 0. The fourth-order valence-electron chi connectivity index (χ4n) is 4.40. The summed E-state index contributed by atoms with van der Waals surface area (Å²) in [7, 11) is 1.78. The Balaban J connectivity index is 2.32. The van der Waals surface area contributed by atoms with Gasteiger partial charge in [-0.15, -0.1) is 0 Å². The van der Waals surface area contributed by atoms with Crippen LogP contribution in [0, 0.1) is 0 Å². The number of hydrogen-bond donors (Lipinski definition) is 0. The lowest BCUT2D eigenvalue weighted by Gasteiger charge is -2.20. The first-order chi connectivity index (χ1) is 12.8. The minimum atomic E-state index is 0.976. The molecule has 0 spiro atoms. The number of rotatable bonds is 5. The Kier molecular flexibility index (Phi) is 4.55. The van der Waals surface area contributed by atoms with E-state index in [1.165, 1.54) is 43.4 Å². The van der Waals surface area contributed by atoms with Gasteiger partial charge < -0.3 is 4.74 Å². The van der Waals surface area contributed by atoms with Crippen molar-refractivity contribution in [2.75, 3.05) is 7.11 Å². The minimum absolute atomic E-state index is 0.976. The normalized spacial score (nSPS) is 11.5. The molecule has 1 nitrogen and oxygen atoms in total. The van der Waals surface area contributed by atoms with Crippen molar-refractivity contribution >= 4 is 32.3 Å². The van der Waals surface area contributed by atoms with E-state index in [0.29, 0.717) is 0 Å². The molecule has 0 aromatic heterocycles. The first-order valence-electron chi connectivity index (χ1n) is 9.72. The summed E-state index contributed by atoms with van der Waals surface area (Å²) in [6, 6.07) is 19.8. The molecule has 0 aliphatic carbocycles. The molecule has 4 rings (SSSR count). The highest BCUT2D eigenvalue weighted by Gasteiger charge is 2.17. The fourth-order valence-corrected chi connectivity index (χ4v) is 4.40. The monoisotopic (exact) mass is 342 g/mol. The molecular formula is C25H26O. The van der Waals surface area contributed by atoms with Gasteiger partial charge in [-0.25, -0.2) is 0 Å². The van der Waals surface area contributed by atoms with Crippen molar-refractivity contribution in [3.63, 3.8) is 0 Å². The predicted molar refractivity (Wildman–Crippen MR) is 114 cm³/mol. The zero-order chi connectivity index (χ0) is 18.1. The van der Waals surface area contributed by atoms with Gasteiger partial charge in [0, 0.05) is 10.8 Å². The Hall–Kier alpha value is -2.54. The highest BCUT2D eigenvalue weighted by atomic mass is 16.5. The molecular weight excluding hydrogens is 316 g/mol. The molecule has 0 saturated heterocycles. The number of aryl methyl sites for hydroxylation is 2. The number of hydrogen-bond acceptors (Lipinski definition) is 1. The zero-order valence-corrected chi connectivity index (χ0v) is 15.9. The van der Waals surface area contributed by atoms with Gasteiger partial charge in [-0.2, -0.15) is 0 Å². The second-order valence-corrected chi connectivity index (χ2v) is 7.05. The van der Waals surface area contributed by atoms with Crippen LogP contribution in [0.2, 0.25) is 0 Å². The van der Waals surface area contributed by atoms with Gasteiger partial charge in [-0.1, -0.05) is 75.2 Å². The SMILES string of the molecule is CCCc1c(CCC)c2ccc3ccccc3c2c2c(OC)cccc12. The van der Waals surface area contributed by atoms with Crippen molar-refractivity contribution < 1.29 is 4.74 Å². The van der Waals surface area contributed by atoms with Crippen molar-refractivity contribution in [1.82, 2.24) is 0 Å². The van der Waals surface area contributed by atoms with Crippen molar-refractivity contribution in [3.8, 4) is 5.75 Å². The maximum absolute atomic E-state index is 5.82. The molecule has 0 aliphatic heterocycles. The molecule has 0 unspecified atom stereocenters. The second-order valence-electron chi connectivity index (χ2n) is 7.05. The van der Waals surface area contributed by atoms with E-state index in [1.807, 2.05) is 0 Å². The van der Waals surface area contributed by atoms with Gasteiger partial charge in [-0.3, -0.25) is 0 Å². The molecule has 0 fully saturated rings. The summed E-state index contributed by atoms with van der Waals surface area (Å²) in [5.41, 5.74) is 3.03. The summed E-state index contributed by atoms with van der Waals surface area (Å²) in [5, 5.41) is 7.98. The molecule has 0 heterocycles. The molecule has 0 radical (unpaired) electrons. The third-order valence-electron chi connectivity index (χ3n) is 5.44. The predicted octanol–water partition coefficient (Wildman–Crippen LogP) is 7.06. The lowest BCUT2D eigenvalue weighted by atomic mass is 9.85. The third kappa shape index (κ3) is 2.54. The Labute approximate surface area is 155 Å². The molecule has 0 N–H and O–H groups in total. The maximum atomic E-state index is 5.82. The van der Waals surface area contributed by atoms with Crippen LogP contribution in [0.4, 0.5) is 0 Å². The maximum Gasteiger partial charge on any atom is 0.127 e. The van der Waals surface area contributed by atoms with Gasteiger partial charge in [-0.05, 0) is 51.6 Å². The first-order valence-corrected chi connectivity index (χ1v) is 9.72. The van der Waals surface area contributed by atoms with Crippen LogP contribution in [0.5, 0.6) is 5.75 Å². The van der Waals surface area contributed by atoms with Gasteiger partial charge in [0.1, 0.15) is 5.75 Å². The van der Waals surface area contributed by atoms with Gasteiger partial charge in [0.05, 0.1) is 7.11 Å². The Morgan fingerprint density at radius 2 is 1.31 bits per heavy atom. The molecule has 0 aliphatic rings. The second kappa shape index (κ2) is 6.99. The Morgan fingerprint density at radius 3 is 2.00 bits per heavy atom. The summed E-state index contributed by atoms with van der Waals surface area (Å²) in [5.74, 6) is 0.976. The summed E-state index contributed by atoms with van der Waals surface area (Å²) < 4.78 is 5.82. The summed E-state index contributed by atoms with van der Waals surface area (Å²) in [6.07, 6.45) is 4.55. The standard InChI is InChI=1S/C25H26O/c1-4-9-19-20(10-5-2)22-16-15-17-11-6-7-12-18(17)24(22)25-21(19)13-8-14-23(25)26-3/h6-8,11-16H,4-5,9-10H2,1-3H3. The van der Waals surface area contributed by atoms with Crippen LogP contribution >= 0.6 is 0 Å². The average Bonchev–Trinajstić information content (AvgIpc) is 2.69. The van der Waals surface area contributed by atoms with Crippen molar-refractivity contribution in [2.24, 2.45) is 0 Å². The molecule has 4 aromatic rings. The molecule has 0 amide bonds. The highest BCUT2D eigenvalue weighted by molar-refractivity contribution is 6.23. The lowest BCUT2D eigenvalue weighted by molar-refractivity contribution is 0.420. The van der Waals surface area contributed by atoms with Crippen molar-refractivity contribution in [2.45, 2.75) is 39.5 Å². The molecule has 0 bridgehead atoms. The molecule has 0 saturated carbocycles. The fraction of sp³-hybridized carbons (Fsp3) is 0.280. The van der Waals surface area contributed by atoms with E-state index in [0.717, 1.165) is 31.4 Å². The van der Waals surface area contributed by atoms with E-state index in [-0.39, 0.29) is 0 Å². The van der Waals surface area contributed by atoms with Crippen LogP contribution in [-0.4, -0.2) is 7.11 Å². The quantitative estimate of drug-likeness (QED) is 0.353. The van der Waals surface area contributed by atoms with E-state index in [1.54, 1.807) is 7.11 Å². The summed E-state index contributed by atoms with van der Waals surface area (Å²) in [6.45, 7) is 4.55. The minimum Gasteiger partial charge on any atom is -0.496 e. The molecule has 1 heteroatoms. The number of ether oxygens (including phenoxy) is 1. The van der Waals surface area contributed by atoms with Crippen LogP contribution < -0.4 is 4.74 Å². The lowest BCUT2D eigenvalue weighted by Crippen LogP contribution is -2.00. The van der Waals surface area contributed by atoms with Crippen molar-refractivity contribution in [1.29, 1.82) is 0 Å². The van der Waals surface area contributed by atoms with Crippen LogP contribution in [0.3, 0.4) is 0 Å². The van der Waals surface area contributed by atoms with Crippen LogP contribution in [0.15, 0.2) is 54.6 Å². The molecule has 26 heavy (non-hydrogen) atoms. The van der Waals surface area contributed by atoms with E-state index in [4.69, 9.17) is 4.74 Å². The molecule has 4 aromatic carbocycles. The smallest absolute Gasteiger partial charge is 0.127 e. The van der Waals surface area contributed by atoms with E-state index in [2.05, 4.69) is 68.4 Å². The Bertz CT molecular complexity index is 1090. The number of benzene rings is 4. The number of methoxy groups -OCH3 is 1. The third-order valence-corrected chi connectivity index (χ3v) is 5.44. The van der Waals surface area contributed by atoms with Crippen LogP contribution in [0.1, 0.15) is 37.8 Å². The van der Waals surface area contributed by atoms with Gasteiger partial charge in [0.15, 0.2) is 0 Å². The topological polar surface area (TPSA) is 9.23 Å².